The van der Waals surface area contributed by atoms with E-state index >= 15 is 0 Å². The molecule has 0 aliphatic carbocycles. The Kier molecular flexibility index (Phi) is 7.19. The Hall–Kier alpha value is -4.18. The lowest BCUT2D eigenvalue weighted by Crippen LogP contribution is -2.28. The summed E-state index contributed by atoms with van der Waals surface area (Å²) in [6, 6.07) is 21.3. The largest absolute Gasteiger partial charge is 0.332 e. The van der Waals surface area contributed by atoms with Crippen LogP contribution in [-0.2, 0) is 6.54 Å². The molecule has 0 spiro atoms. The van der Waals surface area contributed by atoms with Crippen molar-refractivity contribution in [1.29, 1.82) is 0 Å². The van der Waals surface area contributed by atoms with Crippen molar-refractivity contribution in [3.63, 3.8) is 0 Å². The SMILES string of the molecule is Cc1ccc(NC(=O)Nc2ccccc2)cc1NC(=O)NCc1cn(-c2ccccc2Br)nn1. The maximum Gasteiger partial charge on any atom is 0.323 e. The summed E-state index contributed by atoms with van der Waals surface area (Å²) in [6.07, 6.45) is 1.75. The summed E-state index contributed by atoms with van der Waals surface area (Å²) in [7, 11) is 0. The Balaban J connectivity index is 1.33. The fraction of sp³-hybridized carbons (Fsp3) is 0.0833. The molecular weight excluding hydrogens is 498 g/mol. The van der Waals surface area contributed by atoms with Gasteiger partial charge in [0.15, 0.2) is 0 Å². The Morgan fingerprint density at radius 3 is 2.41 bits per heavy atom. The second-order valence-corrected chi connectivity index (χ2v) is 8.24. The monoisotopic (exact) mass is 519 g/mol. The maximum atomic E-state index is 12.5. The second-order valence-electron chi connectivity index (χ2n) is 7.39. The molecule has 4 rings (SSSR count). The third kappa shape index (κ3) is 5.99. The number of nitrogens with one attached hydrogen (secondary N) is 4. The number of urea groups is 2. The highest BCUT2D eigenvalue weighted by atomic mass is 79.9. The van der Waals surface area contributed by atoms with E-state index in [1.165, 1.54) is 0 Å². The van der Waals surface area contributed by atoms with E-state index in [0.29, 0.717) is 22.8 Å². The molecule has 4 aromatic rings. The molecule has 10 heteroatoms. The molecule has 3 aromatic carbocycles. The van der Waals surface area contributed by atoms with Crippen LogP contribution in [0.3, 0.4) is 0 Å². The lowest BCUT2D eigenvalue weighted by molar-refractivity contribution is 0.251. The number of rotatable bonds is 6. The molecule has 34 heavy (non-hydrogen) atoms. The molecule has 4 amide bonds. The van der Waals surface area contributed by atoms with Gasteiger partial charge in [0.1, 0.15) is 5.69 Å². The molecule has 0 aliphatic heterocycles. The van der Waals surface area contributed by atoms with Gasteiger partial charge in [-0.1, -0.05) is 41.6 Å². The standard InChI is InChI=1S/C24H22BrN7O2/c1-16-11-12-18(28-24(34)27-17-7-3-2-4-8-17)13-21(16)29-23(33)26-14-19-15-32(31-30-19)22-10-6-5-9-20(22)25/h2-13,15H,14H2,1H3,(H2,26,29,33)(H2,27,28,34). The van der Waals surface area contributed by atoms with Crippen LogP contribution in [0, 0.1) is 6.92 Å². The first kappa shape index (κ1) is 23.0. The summed E-state index contributed by atoms with van der Waals surface area (Å²) in [5, 5.41) is 19.3. The fourth-order valence-corrected chi connectivity index (χ4v) is 3.59. The van der Waals surface area contributed by atoms with Gasteiger partial charge in [0, 0.05) is 21.5 Å². The Bertz CT molecular complexity index is 1310. The minimum Gasteiger partial charge on any atom is -0.332 e. The molecule has 0 unspecified atom stereocenters. The Labute approximate surface area is 204 Å². The number of para-hydroxylation sites is 2. The van der Waals surface area contributed by atoms with Crippen LogP contribution in [0.2, 0.25) is 0 Å². The molecule has 9 nitrogen and oxygen atoms in total. The molecule has 0 radical (unpaired) electrons. The number of amides is 4. The van der Waals surface area contributed by atoms with E-state index in [-0.39, 0.29) is 12.6 Å². The minimum absolute atomic E-state index is 0.201. The highest BCUT2D eigenvalue weighted by Gasteiger charge is 2.10. The van der Waals surface area contributed by atoms with Crippen molar-refractivity contribution in [3.8, 4) is 5.69 Å². The van der Waals surface area contributed by atoms with Crippen molar-refractivity contribution in [2.75, 3.05) is 16.0 Å². The van der Waals surface area contributed by atoms with Gasteiger partial charge in [-0.15, -0.1) is 5.10 Å². The van der Waals surface area contributed by atoms with E-state index < -0.39 is 6.03 Å². The third-order valence-electron chi connectivity index (χ3n) is 4.85. The summed E-state index contributed by atoms with van der Waals surface area (Å²) >= 11 is 3.49. The summed E-state index contributed by atoms with van der Waals surface area (Å²) in [5.74, 6) is 0. The van der Waals surface area contributed by atoms with Gasteiger partial charge in [-0.05, 0) is 64.8 Å². The zero-order chi connectivity index (χ0) is 23.9. The van der Waals surface area contributed by atoms with Crippen molar-refractivity contribution in [3.05, 3.63) is 94.7 Å². The average molecular weight is 520 g/mol. The van der Waals surface area contributed by atoms with E-state index in [2.05, 4.69) is 47.5 Å². The van der Waals surface area contributed by atoms with Crippen molar-refractivity contribution in [2.45, 2.75) is 13.5 Å². The number of hydrogen-bond donors (Lipinski definition) is 4. The lowest BCUT2D eigenvalue weighted by Gasteiger charge is -2.12. The fourth-order valence-electron chi connectivity index (χ4n) is 3.12. The molecule has 0 fully saturated rings. The van der Waals surface area contributed by atoms with E-state index in [1.807, 2.05) is 55.5 Å². The van der Waals surface area contributed by atoms with Gasteiger partial charge in [-0.2, -0.15) is 0 Å². The average Bonchev–Trinajstić information content (AvgIpc) is 3.30. The van der Waals surface area contributed by atoms with Crippen LogP contribution in [0.15, 0.2) is 83.5 Å². The van der Waals surface area contributed by atoms with Gasteiger partial charge in [0.25, 0.3) is 0 Å². The minimum atomic E-state index is -0.399. The maximum absolute atomic E-state index is 12.5. The van der Waals surface area contributed by atoms with Gasteiger partial charge >= 0.3 is 12.1 Å². The number of nitrogens with zero attached hydrogens (tertiary/aromatic N) is 3. The molecule has 1 aromatic heterocycles. The highest BCUT2D eigenvalue weighted by Crippen LogP contribution is 2.21. The first-order valence-corrected chi connectivity index (χ1v) is 11.2. The number of benzene rings is 3. The molecule has 0 atom stereocenters. The van der Waals surface area contributed by atoms with E-state index in [0.717, 1.165) is 15.7 Å². The summed E-state index contributed by atoms with van der Waals surface area (Å²) in [4.78, 5) is 24.7. The molecule has 0 saturated carbocycles. The van der Waals surface area contributed by atoms with Crippen molar-refractivity contribution in [2.24, 2.45) is 0 Å². The van der Waals surface area contributed by atoms with Crippen LogP contribution in [0.25, 0.3) is 5.69 Å². The van der Waals surface area contributed by atoms with E-state index in [4.69, 9.17) is 0 Å². The number of aromatic nitrogens is 3. The van der Waals surface area contributed by atoms with Gasteiger partial charge < -0.3 is 21.3 Å². The molecular formula is C24H22BrN7O2. The van der Waals surface area contributed by atoms with Gasteiger partial charge in [-0.3, -0.25) is 0 Å². The lowest BCUT2D eigenvalue weighted by atomic mass is 10.2. The van der Waals surface area contributed by atoms with Crippen molar-refractivity contribution in [1.82, 2.24) is 20.3 Å². The highest BCUT2D eigenvalue weighted by molar-refractivity contribution is 9.10. The van der Waals surface area contributed by atoms with Crippen LogP contribution >= 0.6 is 15.9 Å². The zero-order valence-electron chi connectivity index (χ0n) is 18.2. The number of anilines is 3. The number of carbonyl (C=O) groups excluding carboxylic acids is 2. The summed E-state index contributed by atoms with van der Waals surface area (Å²) in [6.45, 7) is 2.07. The summed E-state index contributed by atoms with van der Waals surface area (Å²) in [5.41, 5.74) is 4.11. The topological polar surface area (TPSA) is 113 Å². The smallest absolute Gasteiger partial charge is 0.323 e. The molecule has 1 heterocycles. The molecule has 4 N–H and O–H groups in total. The van der Waals surface area contributed by atoms with Gasteiger partial charge in [0.2, 0.25) is 0 Å². The molecule has 0 saturated heterocycles. The number of hydrogen-bond acceptors (Lipinski definition) is 4. The summed E-state index contributed by atoms with van der Waals surface area (Å²) < 4.78 is 2.53. The van der Waals surface area contributed by atoms with Crippen LogP contribution in [0.4, 0.5) is 26.7 Å². The Morgan fingerprint density at radius 1 is 0.882 bits per heavy atom. The quantitative estimate of drug-likeness (QED) is 0.276. The van der Waals surface area contributed by atoms with Crippen LogP contribution < -0.4 is 21.3 Å². The number of halogens is 1. The van der Waals surface area contributed by atoms with Crippen molar-refractivity contribution >= 4 is 45.1 Å². The first-order chi connectivity index (χ1) is 16.5. The normalized spacial score (nSPS) is 10.4. The number of carbonyl (C=O) groups is 2. The third-order valence-corrected chi connectivity index (χ3v) is 5.52. The van der Waals surface area contributed by atoms with Gasteiger partial charge in [0.05, 0.1) is 18.4 Å². The van der Waals surface area contributed by atoms with Gasteiger partial charge in [-0.25, -0.2) is 14.3 Å². The zero-order valence-corrected chi connectivity index (χ0v) is 19.8. The number of aryl methyl sites for hydroxylation is 1. The first-order valence-electron chi connectivity index (χ1n) is 10.4. The molecule has 0 bridgehead atoms. The Morgan fingerprint density at radius 2 is 1.62 bits per heavy atom. The van der Waals surface area contributed by atoms with Crippen LogP contribution in [0.1, 0.15) is 11.3 Å². The molecule has 172 valence electrons. The van der Waals surface area contributed by atoms with Crippen LogP contribution in [0.5, 0.6) is 0 Å². The second kappa shape index (κ2) is 10.6. The van der Waals surface area contributed by atoms with E-state index in [9.17, 15) is 9.59 Å². The van der Waals surface area contributed by atoms with Crippen molar-refractivity contribution < 1.29 is 9.59 Å². The predicted molar refractivity (Wildman–Crippen MR) is 135 cm³/mol. The van der Waals surface area contributed by atoms with E-state index in [1.54, 1.807) is 35.1 Å². The predicted octanol–water partition coefficient (Wildman–Crippen LogP) is 5.30. The van der Waals surface area contributed by atoms with Crippen LogP contribution in [-0.4, -0.2) is 27.1 Å². The molecule has 0 aliphatic rings.